The fourth-order valence-corrected chi connectivity index (χ4v) is 1.68. The zero-order valence-electron chi connectivity index (χ0n) is 10.0. The molecule has 0 spiro atoms. The second-order valence-corrected chi connectivity index (χ2v) is 4.05. The third kappa shape index (κ3) is 3.37. The Morgan fingerprint density at radius 1 is 1.16 bits per heavy atom. The molecule has 1 heterocycles. The number of nitrogens with two attached hydrogens (primary N) is 1. The van der Waals surface area contributed by atoms with E-state index in [1.54, 1.807) is 12.3 Å². The first kappa shape index (κ1) is 13.2. The van der Waals surface area contributed by atoms with Crippen molar-refractivity contribution in [1.82, 2.24) is 4.98 Å². The summed E-state index contributed by atoms with van der Waals surface area (Å²) < 4.78 is 40.4. The molecule has 0 atom stereocenters. The molecular weight excluding hydrogens is 257 g/mol. The van der Waals surface area contributed by atoms with Crippen molar-refractivity contribution in [2.24, 2.45) is 0 Å². The van der Waals surface area contributed by atoms with Gasteiger partial charge in [-0.15, -0.1) is 13.2 Å². The fraction of sp³-hybridized carbons (Fsp3) is 0.154. The summed E-state index contributed by atoms with van der Waals surface area (Å²) in [5.41, 5.74) is 8.12. The number of ether oxygens (including phenoxy) is 1. The maximum Gasteiger partial charge on any atom is 0.573 e. The number of benzene rings is 1. The summed E-state index contributed by atoms with van der Waals surface area (Å²) >= 11 is 0. The van der Waals surface area contributed by atoms with Crippen molar-refractivity contribution in [2.45, 2.75) is 13.3 Å². The molecule has 0 saturated heterocycles. The molecule has 0 saturated carbocycles. The fourth-order valence-electron chi connectivity index (χ4n) is 1.68. The molecule has 2 N–H and O–H groups in total. The van der Waals surface area contributed by atoms with Gasteiger partial charge in [-0.3, -0.25) is 4.98 Å². The highest BCUT2D eigenvalue weighted by Crippen LogP contribution is 2.32. The first-order valence-corrected chi connectivity index (χ1v) is 5.42. The molecule has 19 heavy (non-hydrogen) atoms. The number of aryl methyl sites for hydroxylation is 1. The van der Waals surface area contributed by atoms with E-state index in [9.17, 15) is 13.2 Å². The van der Waals surface area contributed by atoms with E-state index in [0.29, 0.717) is 16.8 Å². The average molecular weight is 268 g/mol. The molecule has 1 aromatic heterocycles. The molecule has 2 rings (SSSR count). The number of nitrogen functional groups attached to an aromatic ring is 1. The third-order valence-electron chi connectivity index (χ3n) is 2.44. The summed E-state index contributed by atoms with van der Waals surface area (Å²) in [6.45, 7) is 1.84. The lowest BCUT2D eigenvalue weighted by Gasteiger charge is -2.12. The van der Waals surface area contributed by atoms with Crippen LogP contribution in [0.2, 0.25) is 0 Å². The summed E-state index contributed by atoms with van der Waals surface area (Å²) in [5, 5.41) is 0. The van der Waals surface area contributed by atoms with E-state index in [-0.39, 0.29) is 5.75 Å². The number of alkyl halides is 3. The zero-order chi connectivity index (χ0) is 14.0. The van der Waals surface area contributed by atoms with Gasteiger partial charge in [0, 0.05) is 29.2 Å². The zero-order valence-corrected chi connectivity index (χ0v) is 10.0. The van der Waals surface area contributed by atoms with Crippen molar-refractivity contribution in [3.63, 3.8) is 0 Å². The van der Waals surface area contributed by atoms with Gasteiger partial charge in [-0.05, 0) is 36.8 Å². The molecular formula is C13H11F3N2O. The predicted molar refractivity (Wildman–Crippen MR) is 65.5 cm³/mol. The largest absolute Gasteiger partial charge is 0.573 e. The lowest BCUT2D eigenvalue weighted by molar-refractivity contribution is -0.274. The van der Waals surface area contributed by atoms with Crippen LogP contribution >= 0.6 is 0 Å². The van der Waals surface area contributed by atoms with Crippen molar-refractivity contribution in [1.29, 1.82) is 0 Å². The van der Waals surface area contributed by atoms with Crippen LogP contribution in [0.15, 0.2) is 36.7 Å². The molecule has 0 aliphatic heterocycles. The van der Waals surface area contributed by atoms with E-state index in [4.69, 9.17) is 5.73 Å². The van der Waals surface area contributed by atoms with Crippen LogP contribution in [-0.4, -0.2) is 11.3 Å². The van der Waals surface area contributed by atoms with Crippen molar-refractivity contribution in [3.05, 3.63) is 42.2 Å². The van der Waals surface area contributed by atoms with Gasteiger partial charge in [0.25, 0.3) is 0 Å². The minimum atomic E-state index is -4.72. The minimum absolute atomic E-state index is 0.307. The highest BCUT2D eigenvalue weighted by Gasteiger charge is 2.31. The van der Waals surface area contributed by atoms with E-state index in [1.807, 2.05) is 6.92 Å². The van der Waals surface area contributed by atoms with Crippen molar-refractivity contribution in [3.8, 4) is 16.9 Å². The van der Waals surface area contributed by atoms with Crippen molar-refractivity contribution in [2.75, 3.05) is 5.73 Å². The summed E-state index contributed by atoms with van der Waals surface area (Å²) in [5.74, 6) is -0.307. The summed E-state index contributed by atoms with van der Waals surface area (Å²) in [6.07, 6.45) is -1.54. The van der Waals surface area contributed by atoms with Gasteiger partial charge < -0.3 is 10.5 Å². The number of pyridine rings is 1. The molecule has 0 radical (unpaired) electrons. The number of nitrogens with zero attached hydrogens (tertiary/aromatic N) is 1. The van der Waals surface area contributed by atoms with Crippen LogP contribution in [0.4, 0.5) is 18.9 Å². The van der Waals surface area contributed by atoms with E-state index in [2.05, 4.69) is 9.72 Å². The summed E-state index contributed by atoms with van der Waals surface area (Å²) in [4.78, 5) is 3.99. The van der Waals surface area contributed by atoms with Gasteiger partial charge in [0.2, 0.25) is 0 Å². The lowest BCUT2D eigenvalue weighted by Crippen LogP contribution is -2.17. The standard InChI is InChI=1S/C13H11F3N2O/c1-8-4-9(7-18-6-8)11-5-10(2-3-12(11)17)19-13(14,15)16/h2-7H,17H2,1H3. The molecule has 6 heteroatoms. The van der Waals surface area contributed by atoms with Crippen LogP contribution in [0.25, 0.3) is 11.1 Å². The SMILES string of the molecule is Cc1cncc(-c2cc(OC(F)(F)F)ccc2N)c1. The Morgan fingerprint density at radius 2 is 1.89 bits per heavy atom. The van der Waals surface area contributed by atoms with Gasteiger partial charge in [-0.25, -0.2) is 0 Å². The second-order valence-electron chi connectivity index (χ2n) is 4.05. The molecule has 0 unspecified atom stereocenters. The maximum absolute atomic E-state index is 12.2. The molecule has 0 aliphatic carbocycles. The highest BCUT2D eigenvalue weighted by atomic mass is 19.4. The summed E-state index contributed by atoms with van der Waals surface area (Å²) in [6, 6.07) is 5.59. The van der Waals surface area contributed by atoms with Crippen LogP contribution in [0.1, 0.15) is 5.56 Å². The third-order valence-corrected chi connectivity index (χ3v) is 2.44. The van der Waals surface area contributed by atoms with E-state index in [0.717, 1.165) is 5.56 Å². The Kier molecular flexibility index (Phi) is 3.33. The smallest absolute Gasteiger partial charge is 0.406 e. The molecule has 0 aliphatic rings. The quantitative estimate of drug-likeness (QED) is 0.847. The Labute approximate surface area is 107 Å². The van der Waals surface area contributed by atoms with Crippen molar-refractivity contribution >= 4 is 5.69 Å². The van der Waals surface area contributed by atoms with Gasteiger partial charge in [0.1, 0.15) is 5.75 Å². The van der Waals surface area contributed by atoms with E-state index >= 15 is 0 Å². The Hall–Kier alpha value is -2.24. The summed E-state index contributed by atoms with van der Waals surface area (Å²) in [7, 11) is 0. The Bertz CT molecular complexity index is 597. The number of aromatic nitrogens is 1. The minimum Gasteiger partial charge on any atom is -0.406 e. The lowest BCUT2D eigenvalue weighted by atomic mass is 10.0. The van der Waals surface area contributed by atoms with Gasteiger partial charge in [-0.2, -0.15) is 0 Å². The average Bonchev–Trinajstić information content (AvgIpc) is 2.30. The van der Waals surface area contributed by atoms with Gasteiger partial charge in [0.15, 0.2) is 0 Å². The van der Waals surface area contributed by atoms with E-state index < -0.39 is 6.36 Å². The molecule has 0 bridgehead atoms. The van der Waals surface area contributed by atoms with Crippen LogP contribution in [0, 0.1) is 6.92 Å². The van der Waals surface area contributed by atoms with Crippen molar-refractivity contribution < 1.29 is 17.9 Å². The molecule has 1 aromatic carbocycles. The molecule has 0 fully saturated rings. The highest BCUT2D eigenvalue weighted by molar-refractivity contribution is 5.77. The first-order valence-electron chi connectivity index (χ1n) is 5.42. The van der Waals surface area contributed by atoms with Crippen LogP contribution in [0.5, 0.6) is 5.75 Å². The van der Waals surface area contributed by atoms with Gasteiger partial charge in [0.05, 0.1) is 0 Å². The number of anilines is 1. The number of hydrogen-bond acceptors (Lipinski definition) is 3. The van der Waals surface area contributed by atoms with Gasteiger partial charge in [-0.1, -0.05) is 0 Å². The number of rotatable bonds is 2. The molecule has 3 nitrogen and oxygen atoms in total. The maximum atomic E-state index is 12.2. The monoisotopic (exact) mass is 268 g/mol. The Morgan fingerprint density at radius 3 is 2.53 bits per heavy atom. The second kappa shape index (κ2) is 4.79. The van der Waals surface area contributed by atoms with Crippen LogP contribution in [-0.2, 0) is 0 Å². The number of halogens is 3. The topological polar surface area (TPSA) is 48.1 Å². The molecule has 0 amide bonds. The van der Waals surface area contributed by atoms with E-state index in [1.165, 1.54) is 24.4 Å². The molecule has 2 aromatic rings. The first-order chi connectivity index (χ1) is 8.85. The number of hydrogen-bond donors (Lipinski definition) is 1. The normalized spacial score (nSPS) is 11.4. The molecule has 100 valence electrons. The van der Waals surface area contributed by atoms with Gasteiger partial charge >= 0.3 is 6.36 Å². The predicted octanol–water partition coefficient (Wildman–Crippen LogP) is 3.54. The van der Waals surface area contributed by atoms with Crippen LogP contribution < -0.4 is 10.5 Å². The Balaban J connectivity index is 2.43. The van der Waals surface area contributed by atoms with Crippen LogP contribution in [0.3, 0.4) is 0 Å².